The van der Waals surface area contributed by atoms with Gasteiger partial charge in [0.25, 0.3) is 5.91 Å². The molecule has 0 fully saturated rings. The molecule has 0 radical (unpaired) electrons. The van der Waals surface area contributed by atoms with Crippen molar-refractivity contribution in [3.8, 4) is 5.75 Å². The molecule has 0 aliphatic heterocycles. The molecule has 0 saturated heterocycles. The highest BCUT2D eigenvalue weighted by atomic mass is 127. The van der Waals surface area contributed by atoms with Crippen molar-refractivity contribution in [1.82, 2.24) is 0 Å². The molecule has 0 unspecified atom stereocenters. The van der Waals surface area contributed by atoms with Crippen molar-refractivity contribution in [3.05, 3.63) is 52.1 Å². The van der Waals surface area contributed by atoms with Crippen LogP contribution in [0.2, 0.25) is 0 Å². The number of nitrogens with one attached hydrogen (secondary N) is 1. The SMILES string of the molecule is CSc1cccc(NC(=O)COc2cccc(I)c2)c1. The number of thioether (sulfide) groups is 1. The fraction of sp³-hybridized carbons (Fsp3) is 0.133. The number of hydrogen-bond donors (Lipinski definition) is 1. The van der Waals surface area contributed by atoms with E-state index in [9.17, 15) is 4.79 Å². The van der Waals surface area contributed by atoms with Crippen LogP contribution in [0.3, 0.4) is 0 Å². The smallest absolute Gasteiger partial charge is 0.262 e. The second-order valence-corrected chi connectivity index (χ2v) is 6.15. The highest BCUT2D eigenvalue weighted by Crippen LogP contribution is 2.19. The van der Waals surface area contributed by atoms with Gasteiger partial charge < -0.3 is 10.1 Å². The van der Waals surface area contributed by atoms with Gasteiger partial charge in [0, 0.05) is 14.2 Å². The molecule has 2 rings (SSSR count). The van der Waals surface area contributed by atoms with E-state index in [1.165, 1.54) is 0 Å². The van der Waals surface area contributed by atoms with Crippen LogP contribution >= 0.6 is 34.4 Å². The van der Waals surface area contributed by atoms with Crippen LogP contribution in [0.15, 0.2) is 53.4 Å². The molecular weight excluding hydrogens is 385 g/mol. The molecule has 0 aliphatic carbocycles. The van der Waals surface area contributed by atoms with E-state index in [2.05, 4.69) is 27.9 Å². The van der Waals surface area contributed by atoms with Crippen LogP contribution in [0.5, 0.6) is 5.75 Å². The number of amides is 1. The summed E-state index contributed by atoms with van der Waals surface area (Å²) in [4.78, 5) is 12.9. The summed E-state index contributed by atoms with van der Waals surface area (Å²) in [6.07, 6.45) is 2.00. The van der Waals surface area contributed by atoms with Crippen LogP contribution in [0, 0.1) is 3.57 Å². The zero-order valence-corrected chi connectivity index (χ0v) is 13.9. The van der Waals surface area contributed by atoms with Crippen molar-refractivity contribution in [2.24, 2.45) is 0 Å². The normalized spacial score (nSPS) is 10.1. The van der Waals surface area contributed by atoms with E-state index in [-0.39, 0.29) is 12.5 Å². The van der Waals surface area contributed by atoms with E-state index >= 15 is 0 Å². The number of ether oxygens (including phenoxy) is 1. The molecule has 104 valence electrons. The molecule has 5 heteroatoms. The van der Waals surface area contributed by atoms with Crippen LogP contribution in [0.25, 0.3) is 0 Å². The van der Waals surface area contributed by atoms with Crippen LogP contribution in [0.1, 0.15) is 0 Å². The van der Waals surface area contributed by atoms with E-state index in [1.54, 1.807) is 11.8 Å². The summed E-state index contributed by atoms with van der Waals surface area (Å²) in [6.45, 7) is 0.00356. The standard InChI is InChI=1S/C15H14INO2S/c1-20-14-7-3-5-12(9-14)17-15(18)10-19-13-6-2-4-11(16)8-13/h2-9H,10H2,1H3,(H,17,18). The van der Waals surface area contributed by atoms with Crippen molar-refractivity contribution in [1.29, 1.82) is 0 Å². The summed E-state index contributed by atoms with van der Waals surface area (Å²) < 4.78 is 6.53. The third-order valence-electron chi connectivity index (χ3n) is 2.52. The molecular formula is C15H14INO2S. The van der Waals surface area contributed by atoms with E-state index in [1.807, 2.05) is 54.8 Å². The van der Waals surface area contributed by atoms with Crippen molar-refractivity contribution in [2.75, 3.05) is 18.2 Å². The van der Waals surface area contributed by atoms with Gasteiger partial charge in [-0.05, 0) is 65.2 Å². The predicted octanol–water partition coefficient (Wildman–Crippen LogP) is 4.03. The summed E-state index contributed by atoms with van der Waals surface area (Å²) >= 11 is 3.84. The molecule has 0 spiro atoms. The molecule has 0 heterocycles. The second kappa shape index (κ2) is 7.54. The first-order chi connectivity index (χ1) is 9.67. The van der Waals surface area contributed by atoms with E-state index in [0.29, 0.717) is 5.75 Å². The first-order valence-corrected chi connectivity index (χ1v) is 8.30. The summed E-state index contributed by atoms with van der Waals surface area (Å²) in [5.74, 6) is 0.534. The van der Waals surface area contributed by atoms with Gasteiger partial charge in [0.05, 0.1) is 0 Å². The second-order valence-electron chi connectivity index (χ2n) is 4.03. The van der Waals surface area contributed by atoms with Crippen molar-refractivity contribution >= 4 is 45.9 Å². The molecule has 1 N–H and O–H groups in total. The molecule has 0 bridgehead atoms. The van der Waals surface area contributed by atoms with Gasteiger partial charge in [-0.25, -0.2) is 0 Å². The van der Waals surface area contributed by atoms with Crippen LogP contribution < -0.4 is 10.1 Å². The van der Waals surface area contributed by atoms with E-state index in [0.717, 1.165) is 14.2 Å². The fourth-order valence-electron chi connectivity index (χ4n) is 1.60. The Labute approximate surface area is 136 Å². The minimum Gasteiger partial charge on any atom is -0.484 e. The van der Waals surface area contributed by atoms with Gasteiger partial charge in [0.1, 0.15) is 5.75 Å². The minimum absolute atomic E-state index is 0.00356. The lowest BCUT2D eigenvalue weighted by Crippen LogP contribution is -2.20. The molecule has 1 amide bonds. The summed E-state index contributed by atoms with van der Waals surface area (Å²) in [6, 6.07) is 15.3. The topological polar surface area (TPSA) is 38.3 Å². The number of rotatable bonds is 5. The maximum Gasteiger partial charge on any atom is 0.262 e. The number of benzene rings is 2. The largest absolute Gasteiger partial charge is 0.484 e. The van der Waals surface area contributed by atoms with Crippen molar-refractivity contribution < 1.29 is 9.53 Å². The van der Waals surface area contributed by atoms with Gasteiger partial charge in [-0.3, -0.25) is 4.79 Å². The van der Waals surface area contributed by atoms with Gasteiger partial charge in [-0.1, -0.05) is 12.1 Å². The van der Waals surface area contributed by atoms with E-state index < -0.39 is 0 Å². The Morgan fingerprint density at radius 2 is 2.05 bits per heavy atom. The maximum absolute atomic E-state index is 11.8. The summed E-state index contributed by atoms with van der Waals surface area (Å²) in [5, 5.41) is 2.82. The maximum atomic E-state index is 11.8. The van der Waals surface area contributed by atoms with Crippen LogP contribution in [-0.2, 0) is 4.79 Å². The van der Waals surface area contributed by atoms with Crippen LogP contribution in [-0.4, -0.2) is 18.8 Å². The quantitative estimate of drug-likeness (QED) is 0.610. The third kappa shape index (κ3) is 4.72. The first kappa shape index (κ1) is 15.2. The highest BCUT2D eigenvalue weighted by Gasteiger charge is 2.04. The average Bonchev–Trinajstić information content (AvgIpc) is 2.45. The molecule has 0 saturated carbocycles. The molecule has 2 aromatic rings. The number of anilines is 1. The molecule has 20 heavy (non-hydrogen) atoms. The lowest BCUT2D eigenvalue weighted by atomic mass is 10.3. The Morgan fingerprint density at radius 3 is 2.80 bits per heavy atom. The lowest BCUT2D eigenvalue weighted by Gasteiger charge is -2.08. The summed E-state index contributed by atoms with van der Waals surface area (Å²) in [7, 11) is 0. The number of halogens is 1. The Morgan fingerprint density at radius 1 is 1.25 bits per heavy atom. The highest BCUT2D eigenvalue weighted by molar-refractivity contribution is 14.1. The molecule has 2 aromatic carbocycles. The number of hydrogen-bond acceptors (Lipinski definition) is 3. The summed E-state index contributed by atoms with van der Waals surface area (Å²) in [5.41, 5.74) is 0.785. The third-order valence-corrected chi connectivity index (χ3v) is 3.92. The van der Waals surface area contributed by atoms with Gasteiger partial charge in [-0.2, -0.15) is 0 Å². The monoisotopic (exact) mass is 399 g/mol. The lowest BCUT2D eigenvalue weighted by molar-refractivity contribution is -0.118. The first-order valence-electron chi connectivity index (χ1n) is 5.99. The molecule has 0 aliphatic rings. The predicted molar refractivity (Wildman–Crippen MR) is 91.5 cm³/mol. The van der Waals surface area contributed by atoms with Gasteiger partial charge >= 0.3 is 0 Å². The van der Waals surface area contributed by atoms with E-state index in [4.69, 9.17) is 4.74 Å². The number of carbonyl (C=O) groups excluding carboxylic acids is 1. The molecule has 0 atom stereocenters. The van der Waals surface area contributed by atoms with Crippen molar-refractivity contribution in [2.45, 2.75) is 4.90 Å². The zero-order chi connectivity index (χ0) is 14.4. The average molecular weight is 399 g/mol. The Kier molecular flexibility index (Phi) is 5.72. The zero-order valence-electron chi connectivity index (χ0n) is 10.9. The molecule has 3 nitrogen and oxygen atoms in total. The Bertz CT molecular complexity index is 604. The fourth-order valence-corrected chi connectivity index (χ4v) is 2.58. The van der Waals surface area contributed by atoms with Crippen LogP contribution in [0.4, 0.5) is 5.69 Å². The van der Waals surface area contributed by atoms with Crippen molar-refractivity contribution in [3.63, 3.8) is 0 Å². The van der Waals surface area contributed by atoms with Gasteiger partial charge in [0.15, 0.2) is 6.61 Å². The van der Waals surface area contributed by atoms with Gasteiger partial charge in [-0.15, -0.1) is 11.8 Å². The Hall–Kier alpha value is -1.21. The number of carbonyl (C=O) groups is 1. The van der Waals surface area contributed by atoms with Gasteiger partial charge in [0.2, 0.25) is 0 Å². The molecule has 0 aromatic heterocycles. The minimum atomic E-state index is -0.165. The Balaban J connectivity index is 1.89.